The van der Waals surface area contributed by atoms with Crippen LogP contribution in [0.3, 0.4) is 0 Å². The van der Waals surface area contributed by atoms with E-state index >= 15 is 0 Å². The number of hydrogen-bond acceptors (Lipinski definition) is 8. The van der Waals surface area contributed by atoms with E-state index in [9.17, 15) is 9.59 Å². The Morgan fingerprint density at radius 3 is 2.20 bits per heavy atom. The average molecular weight is 630 g/mol. The van der Waals surface area contributed by atoms with Gasteiger partial charge in [0.05, 0.1) is 20.3 Å². The first-order chi connectivity index (χ1) is 22.5. The van der Waals surface area contributed by atoms with Crippen molar-refractivity contribution in [3.8, 4) is 28.6 Å². The number of ether oxygens (including phenoxy) is 3. The maximum Gasteiger partial charge on any atom is 0.252 e. The third-order valence-corrected chi connectivity index (χ3v) is 8.91. The van der Waals surface area contributed by atoms with E-state index in [4.69, 9.17) is 14.2 Å². The molecule has 1 aromatic heterocycles. The Morgan fingerprint density at radius 2 is 1.59 bits per heavy atom. The van der Waals surface area contributed by atoms with Gasteiger partial charge in [-0.15, -0.1) is 0 Å². The van der Waals surface area contributed by atoms with Crippen molar-refractivity contribution in [2.45, 2.75) is 64.8 Å². The lowest BCUT2D eigenvalue weighted by Gasteiger charge is -2.34. The summed E-state index contributed by atoms with van der Waals surface area (Å²) >= 11 is 0. The van der Waals surface area contributed by atoms with E-state index in [2.05, 4.69) is 20.2 Å². The number of likely N-dealkylation sites (tertiary alicyclic amines) is 1. The highest BCUT2D eigenvalue weighted by molar-refractivity contribution is 6.01. The van der Waals surface area contributed by atoms with Gasteiger partial charge in [-0.05, 0) is 88.2 Å². The van der Waals surface area contributed by atoms with Gasteiger partial charge in [0, 0.05) is 37.2 Å². The summed E-state index contributed by atoms with van der Waals surface area (Å²) in [5.41, 5.74) is 3.12. The zero-order chi connectivity index (χ0) is 32.3. The number of amides is 2. The van der Waals surface area contributed by atoms with Gasteiger partial charge < -0.3 is 29.3 Å². The molecule has 246 valence electrons. The summed E-state index contributed by atoms with van der Waals surface area (Å²) in [6, 6.07) is 15.7. The summed E-state index contributed by atoms with van der Waals surface area (Å²) in [5, 5.41) is 3.28. The summed E-state index contributed by atoms with van der Waals surface area (Å²) in [6.45, 7) is 8.02. The number of carbonyl (C=O) groups is 2. The van der Waals surface area contributed by atoms with Gasteiger partial charge in [0.1, 0.15) is 12.1 Å². The predicted octanol–water partition coefficient (Wildman–Crippen LogP) is 5.76. The quantitative estimate of drug-likeness (QED) is 0.212. The molecule has 2 aromatic carbocycles. The smallest absolute Gasteiger partial charge is 0.252 e. The molecule has 2 fully saturated rings. The maximum atomic E-state index is 13.6. The molecule has 2 aliphatic rings. The normalized spacial score (nSPS) is 15.5. The number of rotatable bonds is 15. The number of carbonyl (C=O) groups excluding carboxylic acids is 2. The van der Waals surface area contributed by atoms with E-state index in [1.54, 1.807) is 7.11 Å². The van der Waals surface area contributed by atoms with Gasteiger partial charge in [0.2, 0.25) is 17.7 Å². The van der Waals surface area contributed by atoms with Crippen LogP contribution in [0.4, 0.5) is 5.69 Å². The third-order valence-electron chi connectivity index (χ3n) is 8.91. The monoisotopic (exact) mass is 629 g/mol. The lowest BCUT2D eigenvalue weighted by atomic mass is 9.84. The second-order valence-corrected chi connectivity index (χ2v) is 11.9. The topological polar surface area (TPSA) is 106 Å². The highest BCUT2D eigenvalue weighted by atomic mass is 16.5. The van der Waals surface area contributed by atoms with E-state index in [0.29, 0.717) is 42.8 Å². The molecule has 0 bridgehead atoms. The number of piperidine rings is 1. The van der Waals surface area contributed by atoms with Crippen LogP contribution in [0.25, 0.3) is 11.1 Å². The van der Waals surface area contributed by atoms with Crippen molar-refractivity contribution in [3.05, 3.63) is 60.4 Å². The Bertz CT molecular complexity index is 1410. The molecule has 10 nitrogen and oxygen atoms in total. The standard InChI is InChI=1S/C36H47N5O5/c1-4-45-34-32(35(46-5-2)38-25-37-34)41(36(43)27-11-10-12-27)22-9-8-21-40-23-19-28(20-24-40)39-33(42)31-14-7-6-13-30(31)26-15-17-29(44-3)18-16-26/h6-7,13-18,25,27-28H,4-5,8-12,19-24H2,1-3H3,(H,39,42). The minimum absolute atomic E-state index is 0.0292. The van der Waals surface area contributed by atoms with E-state index in [-0.39, 0.29) is 23.8 Å². The van der Waals surface area contributed by atoms with Gasteiger partial charge in [0.25, 0.3) is 5.91 Å². The molecule has 0 spiro atoms. The van der Waals surface area contributed by atoms with Crippen LogP contribution in [-0.2, 0) is 4.79 Å². The highest BCUT2D eigenvalue weighted by Crippen LogP contribution is 2.38. The van der Waals surface area contributed by atoms with Crippen LogP contribution in [0, 0.1) is 5.92 Å². The number of hydrogen-bond donors (Lipinski definition) is 1. The lowest BCUT2D eigenvalue weighted by Crippen LogP contribution is -2.45. The molecule has 2 amide bonds. The van der Waals surface area contributed by atoms with Crippen molar-refractivity contribution in [2.75, 3.05) is 51.4 Å². The first kappa shape index (κ1) is 33.2. The number of nitrogens with one attached hydrogen (secondary N) is 1. The molecule has 3 aromatic rings. The number of anilines is 1. The molecule has 0 radical (unpaired) electrons. The van der Waals surface area contributed by atoms with Crippen LogP contribution in [0.5, 0.6) is 17.5 Å². The second kappa shape index (κ2) is 16.4. The first-order valence-electron chi connectivity index (χ1n) is 16.7. The van der Waals surface area contributed by atoms with Gasteiger partial charge in [-0.3, -0.25) is 9.59 Å². The van der Waals surface area contributed by atoms with Gasteiger partial charge in [-0.1, -0.05) is 36.8 Å². The summed E-state index contributed by atoms with van der Waals surface area (Å²) in [6.07, 6.45) is 7.92. The summed E-state index contributed by atoms with van der Waals surface area (Å²) < 4.78 is 16.9. The molecule has 1 N–H and O–H groups in total. The average Bonchev–Trinajstić information content (AvgIpc) is 3.05. The van der Waals surface area contributed by atoms with Crippen LogP contribution < -0.4 is 24.4 Å². The summed E-state index contributed by atoms with van der Waals surface area (Å²) in [7, 11) is 1.65. The zero-order valence-corrected chi connectivity index (χ0v) is 27.4. The van der Waals surface area contributed by atoms with Crippen molar-refractivity contribution >= 4 is 17.5 Å². The minimum Gasteiger partial charge on any atom is -0.497 e. The van der Waals surface area contributed by atoms with Gasteiger partial charge in [-0.25, -0.2) is 0 Å². The van der Waals surface area contributed by atoms with Gasteiger partial charge in [-0.2, -0.15) is 9.97 Å². The van der Waals surface area contributed by atoms with Crippen molar-refractivity contribution in [1.82, 2.24) is 20.2 Å². The van der Waals surface area contributed by atoms with Crippen molar-refractivity contribution < 1.29 is 23.8 Å². The Balaban J connectivity index is 1.13. The fourth-order valence-electron chi connectivity index (χ4n) is 6.14. The van der Waals surface area contributed by atoms with Crippen molar-refractivity contribution in [1.29, 1.82) is 0 Å². The van der Waals surface area contributed by atoms with Crippen LogP contribution in [0.15, 0.2) is 54.9 Å². The minimum atomic E-state index is -0.0381. The van der Waals surface area contributed by atoms with Crippen LogP contribution in [-0.4, -0.2) is 79.2 Å². The van der Waals surface area contributed by atoms with Crippen LogP contribution in [0.2, 0.25) is 0 Å². The molecule has 46 heavy (non-hydrogen) atoms. The molecule has 0 unspecified atom stereocenters. The number of nitrogens with zero attached hydrogens (tertiary/aromatic N) is 4. The molecule has 1 saturated carbocycles. The molecule has 1 saturated heterocycles. The largest absolute Gasteiger partial charge is 0.497 e. The molecule has 0 atom stereocenters. The first-order valence-corrected chi connectivity index (χ1v) is 16.7. The second-order valence-electron chi connectivity index (χ2n) is 11.9. The Kier molecular flexibility index (Phi) is 11.8. The number of unbranched alkanes of at least 4 members (excludes halogenated alkanes) is 1. The van der Waals surface area contributed by atoms with E-state index in [1.807, 2.05) is 67.3 Å². The molecular formula is C36H47N5O5. The lowest BCUT2D eigenvalue weighted by molar-refractivity contribution is -0.124. The van der Waals surface area contributed by atoms with Crippen molar-refractivity contribution in [2.24, 2.45) is 5.92 Å². The fraction of sp³-hybridized carbons (Fsp3) is 0.500. The van der Waals surface area contributed by atoms with E-state index in [0.717, 1.165) is 81.5 Å². The van der Waals surface area contributed by atoms with E-state index in [1.165, 1.54) is 6.33 Å². The van der Waals surface area contributed by atoms with E-state index < -0.39 is 0 Å². The van der Waals surface area contributed by atoms with Gasteiger partial charge in [0.15, 0.2) is 5.69 Å². The van der Waals surface area contributed by atoms with Crippen LogP contribution in [0.1, 0.15) is 69.2 Å². The Labute approximate surface area is 272 Å². The number of methoxy groups -OCH3 is 1. The molecule has 10 heteroatoms. The maximum absolute atomic E-state index is 13.6. The Morgan fingerprint density at radius 1 is 0.913 bits per heavy atom. The molecule has 5 rings (SSSR count). The summed E-state index contributed by atoms with van der Waals surface area (Å²) in [4.78, 5) is 39.9. The number of benzene rings is 2. The SMILES string of the molecule is CCOc1ncnc(OCC)c1N(CCCCN1CCC(NC(=O)c2ccccc2-c2ccc(OC)cc2)CC1)C(=O)C1CCC1. The predicted molar refractivity (Wildman–Crippen MR) is 179 cm³/mol. The summed E-state index contributed by atoms with van der Waals surface area (Å²) in [5.74, 6) is 1.67. The fourth-order valence-corrected chi connectivity index (χ4v) is 6.14. The molecular weight excluding hydrogens is 582 g/mol. The molecule has 1 aliphatic carbocycles. The van der Waals surface area contributed by atoms with Crippen molar-refractivity contribution in [3.63, 3.8) is 0 Å². The Hall–Kier alpha value is -4.18. The molecule has 2 heterocycles. The highest BCUT2D eigenvalue weighted by Gasteiger charge is 2.34. The number of aromatic nitrogens is 2. The van der Waals surface area contributed by atoms with Gasteiger partial charge >= 0.3 is 0 Å². The molecule has 1 aliphatic heterocycles. The van der Waals surface area contributed by atoms with Crippen LogP contribution >= 0.6 is 0 Å². The zero-order valence-electron chi connectivity index (χ0n) is 27.4. The third kappa shape index (κ3) is 8.15.